The van der Waals surface area contributed by atoms with Crippen molar-refractivity contribution >= 4 is 5.78 Å². The molecule has 1 aromatic heterocycles. The van der Waals surface area contributed by atoms with Crippen molar-refractivity contribution in [1.29, 1.82) is 0 Å². The highest BCUT2D eigenvalue weighted by molar-refractivity contribution is 5.82. The third-order valence-corrected chi connectivity index (χ3v) is 10.7. The molecule has 0 amide bonds. The molecular formula is C26H39N3O. The van der Waals surface area contributed by atoms with Crippen LogP contribution in [-0.2, 0) is 11.3 Å². The van der Waals surface area contributed by atoms with Gasteiger partial charge in [-0.3, -0.25) is 4.79 Å². The number of fused-ring (bicyclic) bond motifs is 5. The Bertz CT molecular complexity index is 786. The van der Waals surface area contributed by atoms with Gasteiger partial charge in [0.2, 0.25) is 0 Å². The first kappa shape index (κ1) is 19.5. The normalized spacial score (nSPS) is 47.9. The molecule has 6 rings (SSSR count). The number of hydrogen-bond donors (Lipinski definition) is 0. The molecule has 1 aromatic rings. The molecule has 4 heteroatoms. The molecule has 9 atom stereocenters. The van der Waals surface area contributed by atoms with E-state index in [0.717, 1.165) is 53.8 Å². The third-order valence-electron chi connectivity index (χ3n) is 10.7. The first-order valence-corrected chi connectivity index (χ1v) is 12.9. The minimum absolute atomic E-state index is 0.223. The highest BCUT2D eigenvalue weighted by Gasteiger charge is 2.63. The number of ketones is 1. The molecular weight excluding hydrogens is 370 g/mol. The average Bonchev–Trinajstić information content (AvgIpc) is 3.35. The Labute approximate surface area is 181 Å². The molecule has 4 nitrogen and oxygen atoms in total. The molecule has 0 aromatic carbocycles. The smallest absolute Gasteiger partial charge is 0.157 e. The van der Waals surface area contributed by atoms with Crippen molar-refractivity contribution in [3.8, 4) is 0 Å². The van der Waals surface area contributed by atoms with Crippen LogP contribution in [0.2, 0.25) is 0 Å². The summed E-state index contributed by atoms with van der Waals surface area (Å²) in [6.07, 6.45) is 17.5. The lowest BCUT2D eigenvalue weighted by Crippen LogP contribution is -2.50. The van der Waals surface area contributed by atoms with Gasteiger partial charge >= 0.3 is 0 Å². The fourth-order valence-electron chi connectivity index (χ4n) is 9.36. The average molecular weight is 410 g/mol. The molecule has 164 valence electrons. The van der Waals surface area contributed by atoms with E-state index in [1.165, 1.54) is 57.8 Å². The second kappa shape index (κ2) is 7.17. The Hall–Kier alpha value is -1.19. The summed E-state index contributed by atoms with van der Waals surface area (Å²) in [6.45, 7) is 5.42. The van der Waals surface area contributed by atoms with E-state index < -0.39 is 0 Å². The molecule has 0 radical (unpaired) electrons. The predicted octanol–water partition coefficient (Wildman–Crippen LogP) is 5.39. The first-order chi connectivity index (χ1) is 14.5. The largest absolute Gasteiger partial charge is 0.297 e. The number of nitrogens with zero attached hydrogens (tertiary/aromatic N) is 3. The van der Waals surface area contributed by atoms with Crippen LogP contribution in [0.25, 0.3) is 0 Å². The van der Waals surface area contributed by atoms with Crippen molar-refractivity contribution in [2.75, 3.05) is 0 Å². The van der Waals surface area contributed by atoms with E-state index in [2.05, 4.69) is 24.2 Å². The highest BCUT2D eigenvalue weighted by atomic mass is 16.1. The summed E-state index contributed by atoms with van der Waals surface area (Å²) < 4.78 is 1.74. The number of Topliss-reactive ketones (excluding diaryl/α,β-unsaturated/α-hetero) is 1. The van der Waals surface area contributed by atoms with E-state index in [1.807, 2.05) is 6.20 Å². The summed E-state index contributed by atoms with van der Waals surface area (Å²) in [5.41, 5.74) is 0.223. The predicted molar refractivity (Wildman–Crippen MR) is 116 cm³/mol. The van der Waals surface area contributed by atoms with Crippen molar-refractivity contribution in [2.24, 2.45) is 58.7 Å². The Kier molecular flexibility index (Phi) is 4.66. The molecule has 0 saturated heterocycles. The van der Waals surface area contributed by atoms with Gasteiger partial charge < -0.3 is 0 Å². The standard InChI is InChI=1S/C26H39N3O/c1-16-3-7-19-18(13-16)6-8-21-20(19)9-10-26(2)23(14-22(25(21)26)17-4-5-17)24(30)15-29-12-11-27-28-29/h11-12,16-23,25H,3-10,13-15H2,1-2H3/t16-,18+,19-,20+,21+,22-,23+,25?,26+/m0/s1. The van der Waals surface area contributed by atoms with Crippen LogP contribution < -0.4 is 0 Å². The lowest BCUT2D eigenvalue weighted by Gasteiger charge is -2.57. The zero-order chi connectivity index (χ0) is 20.5. The monoisotopic (exact) mass is 409 g/mol. The Morgan fingerprint density at radius 1 is 0.967 bits per heavy atom. The van der Waals surface area contributed by atoms with E-state index in [-0.39, 0.29) is 11.3 Å². The fourth-order valence-corrected chi connectivity index (χ4v) is 9.36. The van der Waals surface area contributed by atoms with E-state index in [9.17, 15) is 4.79 Å². The molecule has 0 bridgehead atoms. The molecule has 0 aliphatic heterocycles. The second-order valence-corrected chi connectivity index (χ2v) is 12.2. The van der Waals surface area contributed by atoms with Crippen LogP contribution in [0.1, 0.15) is 78.1 Å². The maximum Gasteiger partial charge on any atom is 0.157 e. The van der Waals surface area contributed by atoms with E-state index in [1.54, 1.807) is 10.9 Å². The lowest BCUT2D eigenvalue weighted by molar-refractivity contribution is -0.131. The van der Waals surface area contributed by atoms with Gasteiger partial charge in [-0.25, -0.2) is 4.68 Å². The van der Waals surface area contributed by atoms with Gasteiger partial charge in [-0.2, -0.15) is 0 Å². The molecule has 30 heavy (non-hydrogen) atoms. The quantitative estimate of drug-likeness (QED) is 0.670. The third kappa shape index (κ3) is 3.03. The van der Waals surface area contributed by atoms with E-state index >= 15 is 0 Å². The van der Waals surface area contributed by atoms with Gasteiger partial charge in [-0.05, 0) is 111 Å². The fraction of sp³-hybridized carbons (Fsp3) is 0.885. The van der Waals surface area contributed by atoms with Crippen LogP contribution in [-0.4, -0.2) is 20.8 Å². The number of hydrogen-bond acceptors (Lipinski definition) is 3. The zero-order valence-corrected chi connectivity index (χ0v) is 18.9. The van der Waals surface area contributed by atoms with Crippen molar-refractivity contribution in [3.63, 3.8) is 0 Å². The van der Waals surface area contributed by atoms with Crippen LogP contribution in [0.5, 0.6) is 0 Å². The van der Waals surface area contributed by atoms with E-state index in [4.69, 9.17) is 0 Å². The number of aromatic nitrogens is 3. The number of carbonyl (C=O) groups is 1. The minimum Gasteiger partial charge on any atom is -0.297 e. The van der Waals surface area contributed by atoms with Crippen molar-refractivity contribution in [2.45, 2.75) is 84.6 Å². The second-order valence-electron chi connectivity index (χ2n) is 12.2. The summed E-state index contributed by atoms with van der Waals surface area (Å²) in [5.74, 6) is 7.99. The maximum absolute atomic E-state index is 13.5. The van der Waals surface area contributed by atoms with Gasteiger partial charge in [-0.15, -0.1) is 5.10 Å². The Balaban J connectivity index is 1.28. The Morgan fingerprint density at radius 2 is 1.77 bits per heavy atom. The van der Waals surface area contributed by atoms with Crippen LogP contribution in [0.3, 0.4) is 0 Å². The van der Waals surface area contributed by atoms with Crippen molar-refractivity contribution < 1.29 is 4.79 Å². The van der Waals surface area contributed by atoms with Gasteiger partial charge in [0, 0.05) is 12.1 Å². The van der Waals surface area contributed by atoms with Gasteiger partial charge in [0.25, 0.3) is 0 Å². The molecule has 5 fully saturated rings. The van der Waals surface area contributed by atoms with Gasteiger partial charge in [0.1, 0.15) is 6.54 Å². The van der Waals surface area contributed by atoms with Crippen LogP contribution in [0.4, 0.5) is 0 Å². The van der Waals surface area contributed by atoms with Crippen LogP contribution in [0, 0.1) is 58.7 Å². The summed E-state index contributed by atoms with van der Waals surface area (Å²) >= 11 is 0. The van der Waals surface area contributed by atoms with E-state index in [0.29, 0.717) is 12.3 Å². The topological polar surface area (TPSA) is 47.8 Å². The Morgan fingerprint density at radius 3 is 2.53 bits per heavy atom. The maximum atomic E-state index is 13.5. The molecule has 0 N–H and O–H groups in total. The molecule has 5 aliphatic carbocycles. The van der Waals surface area contributed by atoms with Gasteiger partial charge in [-0.1, -0.05) is 25.5 Å². The molecule has 1 unspecified atom stereocenters. The van der Waals surface area contributed by atoms with Crippen LogP contribution >= 0.6 is 0 Å². The van der Waals surface area contributed by atoms with Gasteiger partial charge in [0.05, 0.1) is 6.20 Å². The SMILES string of the molecule is C[C@H]1CC[C@H]2[C@H](CC[C@H]3C4[C@H](C5CC5)C[C@H](C(=O)Cn5ccnn5)[C@@]4(C)CC[C@H]23)C1. The van der Waals surface area contributed by atoms with Crippen molar-refractivity contribution in [1.82, 2.24) is 15.0 Å². The molecule has 1 heterocycles. The number of rotatable bonds is 4. The van der Waals surface area contributed by atoms with Crippen LogP contribution in [0.15, 0.2) is 12.4 Å². The summed E-state index contributed by atoms with van der Waals surface area (Å²) in [5, 5.41) is 8.00. The molecule has 5 aliphatic rings. The summed E-state index contributed by atoms with van der Waals surface area (Å²) in [4.78, 5) is 13.5. The summed E-state index contributed by atoms with van der Waals surface area (Å²) in [7, 11) is 0. The highest BCUT2D eigenvalue weighted by Crippen LogP contribution is 2.69. The molecule has 5 saturated carbocycles. The lowest BCUT2D eigenvalue weighted by atomic mass is 9.48. The minimum atomic E-state index is 0.223. The van der Waals surface area contributed by atoms with Gasteiger partial charge in [0.15, 0.2) is 5.78 Å². The summed E-state index contributed by atoms with van der Waals surface area (Å²) in [6, 6.07) is 0. The zero-order valence-electron chi connectivity index (χ0n) is 18.9. The molecule has 0 spiro atoms. The van der Waals surface area contributed by atoms with Crippen molar-refractivity contribution in [3.05, 3.63) is 12.4 Å². The number of carbonyl (C=O) groups excluding carboxylic acids is 1. The first-order valence-electron chi connectivity index (χ1n) is 12.9.